The molecule has 1 aliphatic heterocycles. The van der Waals surface area contributed by atoms with Crippen molar-refractivity contribution in [1.82, 2.24) is 9.55 Å². The molecule has 9 aromatic carbocycles. The number of hydrogen-bond acceptors (Lipinski definition) is 4. The van der Waals surface area contributed by atoms with Crippen molar-refractivity contribution in [3.05, 3.63) is 188 Å². The topological polar surface area (TPSA) is 34.2 Å². The predicted octanol–water partition coefficient (Wildman–Crippen LogP) is 15.1. The van der Waals surface area contributed by atoms with Gasteiger partial charge < -0.3 is 13.9 Å². The lowest BCUT2D eigenvalue weighted by Gasteiger charge is -2.33. The van der Waals surface area contributed by atoms with Gasteiger partial charge in [0.1, 0.15) is 11.1 Å². The molecule has 0 radical (unpaired) electrons. The lowest BCUT2D eigenvalue weighted by atomic mass is 9.93. The van der Waals surface area contributed by atoms with Gasteiger partial charge in [-0.3, -0.25) is 4.98 Å². The number of nitrogens with zero attached hydrogens (tertiary/aromatic N) is 3. The van der Waals surface area contributed by atoms with Crippen LogP contribution in [-0.4, -0.2) is 9.55 Å². The summed E-state index contributed by atoms with van der Waals surface area (Å²) >= 11 is 1.82. The molecule has 0 fully saturated rings. The van der Waals surface area contributed by atoms with Crippen molar-refractivity contribution in [2.45, 2.75) is 9.79 Å². The van der Waals surface area contributed by atoms with Gasteiger partial charge in [0, 0.05) is 49.1 Å². The smallest absolute Gasteiger partial charge is 0.154 e. The van der Waals surface area contributed by atoms with E-state index in [0.29, 0.717) is 0 Å². The van der Waals surface area contributed by atoms with E-state index in [2.05, 4.69) is 191 Å². The second kappa shape index (κ2) is 12.1. The Morgan fingerprint density at radius 1 is 0.397 bits per heavy atom. The van der Waals surface area contributed by atoms with Crippen LogP contribution in [0.4, 0.5) is 17.1 Å². The molecule has 13 rings (SSSR count). The van der Waals surface area contributed by atoms with Gasteiger partial charge in [0.25, 0.3) is 0 Å². The molecule has 4 heterocycles. The van der Waals surface area contributed by atoms with Crippen molar-refractivity contribution in [2.75, 3.05) is 4.90 Å². The SMILES string of the molecule is c1ccc2c(c1)Sc1ccccc1N2c1cc(-c2cnc3c(c2)oc2cc4c5ccccc5c5ccccc5c4cc23)cc(-n2c3ccccc3c3ccccc32)c1. The van der Waals surface area contributed by atoms with Crippen LogP contribution in [-0.2, 0) is 0 Å². The van der Waals surface area contributed by atoms with Gasteiger partial charge in [-0.25, -0.2) is 0 Å². The van der Waals surface area contributed by atoms with E-state index >= 15 is 0 Å². The zero-order valence-corrected chi connectivity index (χ0v) is 31.9. The third-order valence-corrected chi connectivity index (χ3v) is 13.1. The average molecular weight is 758 g/mol. The van der Waals surface area contributed by atoms with Crippen LogP contribution in [0, 0.1) is 0 Å². The first-order valence-corrected chi connectivity index (χ1v) is 20.4. The number of rotatable bonds is 3. The molecule has 270 valence electrons. The Kier molecular flexibility index (Phi) is 6.63. The normalized spacial score (nSPS) is 12.7. The maximum Gasteiger partial charge on any atom is 0.154 e. The minimum absolute atomic E-state index is 0.769. The fourth-order valence-corrected chi connectivity index (χ4v) is 10.5. The first-order valence-electron chi connectivity index (χ1n) is 19.6. The summed E-state index contributed by atoms with van der Waals surface area (Å²) in [5.41, 5.74) is 11.3. The maximum atomic E-state index is 6.76. The monoisotopic (exact) mass is 757 g/mol. The van der Waals surface area contributed by atoms with E-state index in [9.17, 15) is 0 Å². The zero-order chi connectivity index (χ0) is 37.9. The second-order valence-corrected chi connectivity index (χ2v) is 16.2. The molecular weight excluding hydrogens is 727 g/mol. The summed E-state index contributed by atoms with van der Waals surface area (Å²) in [6, 6.07) is 65.8. The van der Waals surface area contributed by atoms with Gasteiger partial charge in [0.15, 0.2) is 5.58 Å². The van der Waals surface area contributed by atoms with Gasteiger partial charge in [-0.2, -0.15) is 0 Å². The van der Waals surface area contributed by atoms with Crippen LogP contribution in [0.25, 0.3) is 93.0 Å². The molecule has 0 bridgehead atoms. The highest BCUT2D eigenvalue weighted by molar-refractivity contribution is 7.99. The number of anilines is 3. The lowest BCUT2D eigenvalue weighted by Crippen LogP contribution is -2.15. The number of pyridine rings is 1. The number of hydrogen-bond donors (Lipinski definition) is 0. The van der Waals surface area contributed by atoms with Crippen LogP contribution < -0.4 is 4.90 Å². The maximum absolute atomic E-state index is 6.76. The van der Waals surface area contributed by atoms with E-state index in [0.717, 1.165) is 55.9 Å². The quantitative estimate of drug-likeness (QED) is 0.168. The minimum Gasteiger partial charge on any atom is -0.454 e. The summed E-state index contributed by atoms with van der Waals surface area (Å²) in [6.45, 7) is 0. The number of furan rings is 1. The van der Waals surface area contributed by atoms with E-state index in [1.807, 2.05) is 18.0 Å². The van der Waals surface area contributed by atoms with E-state index in [4.69, 9.17) is 9.40 Å². The van der Waals surface area contributed by atoms with Gasteiger partial charge in [-0.05, 0) is 111 Å². The third kappa shape index (κ3) is 4.56. The number of fused-ring (bicyclic) bond motifs is 14. The predicted molar refractivity (Wildman–Crippen MR) is 243 cm³/mol. The summed E-state index contributed by atoms with van der Waals surface area (Å²) in [5, 5.41) is 10.8. The number of benzene rings is 9. The Morgan fingerprint density at radius 2 is 0.914 bits per heavy atom. The van der Waals surface area contributed by atoms with E-state index < -0.39 is 0 Å². The van der Waals surface area contributed by atoms with Gasteiger partial charge >= 0.3 is 0 Å². The van der Waals surface area contributed by atoms with E-state index in [1.54, 1.807) is 0 Å². The van der Waals surface area contributed by atoms with E-state index in [-0.39, 0.29) is 0 Å². The molecule has 0 saturated heterocycles. The highest BCUT2D eigenvalue weighted by Crippen LogP contribution is 2.52. The van der Waals surface area contributed by atoms with E-state index in [1.165, 1.54) is 63.9 Å². The van der Waals surface area contributed by atoms with Crippen molar-refractivity contribution in [3.63, 3.8) is 0 Å². The first-order chi connectivity index (χ1) is 28.7. The van der Waals surface area contributed by atoms with Gasteiger partial charge in [0.05, 0.1) is 22.4 Å². The van der Waals surface area contributed by atoms with Crippen LogP contribution in [0.3, 0.4) is 0 Å². The van der Waals surface area contributed by atoms with Gasteiger partial charge in [-0.15, -0.1) is 0 Å². The number of aromatic nitrogens is 2. The van der Waals surface area contributed by atoms with Crippen molar-refractivity contribution >= 4 is 105 Å². The molecule has 58 heavy (non-hydrogen) atoms. The molecule has 0 amide bonds. The van der Waals surface area contributed by atoms with Crippen LogP contribution in [0.15, 0.2) is 202 Å². The average Bonchev–Trinajstić information content (AvgIpc) is 3.82. The largest absolute Gasteiger partial charge is 0.454 e. The summed E-state index contributed by atoms with van der Waals surface area (Å²) in [6.07, 6.45) is 2.02. The highest BCUT2D eigenvalue weighted by atomic mass is 32.2. The summed E-state index contributed by atoms with van der Waals surface area (Å²) < 4.78 is 9.16. The highest BCUT2D eigenvalue weighted by Gasteiger charge is 2.26. The molecule has 4 nitrogen and oxygen atoms in total. The first kappa shape index (κ1) is 31.8. The van der Waals surface area contributed by atoms with Gasteiger partial charge in [0.2, 0.25) is 0 Å². The fourth-order valence-electron chi connectivity index (χ4n) is 9.41. The van der Waals surface area contributed by atoms with Crippen LogP contribution in [0.1, 0.15) is 0 Å². The molecule has 3 aromatic heterocycles. The number of para-hydroxylation sites is 4. The Labute approximate surface area is 337 Å². The molecule has 0 spiro atoms. The van der Waals surface area contributed by atoms with Crippen molar-refractivity contribution < 1.29 is 4.42 Å². The summed E-state index contributed by atoms with van der Waals surface area (Å²) in [7, 11) is 0. The van der Waals surface area contributed by atoms with Crippen LogP contribution >= 0.6 is 11.8 Å². The van der Waals surface area contributed by atoms with Gasteiger partial charge in [-0.1, -0.05) is 121 Å². The Hall–Kier alpha value is -7.34. The lowest BCUT2D eigenvalue weighted by molar-refractivity contribution is 0.669. The van der Waals surface area contributed by atoms with Crippen molar-refractivity contribution in [1.29, 1.82) is 0 Å². The summed E-state index contributed by atoms with van der Waals surface area (Å²) in [4.78, 5) is 10.0. The summed E-state index contributed by atoms with van der Waals surface area (Å²) in [5.74, 6) is 0. The molecule has 0 atom stereocenters. The van der Waals surface area contributed by atoms with Crippen LogP contribution in [0.2, 0.25) is 0 Å². The zero-order valence-electron chi connectivity index (χ0n) is 31.1. The molecule has 1 aliphatic rings. The molecule has 0 unspecified atom stereocenters. The second-order valence-electron chi connectivity index (χ2n) is 15.1. The van der Waals surface area contributed by atoms with Crippen molar-refractivity contribution in [3.8, 4) is 16.8 Å². The molecule has 0 saturated carbocycles. The molecule has 5 heteroatoms. The van der Waals surface area contributed by atoms with Crippen LogP contribution in [0.5, 0.6) is 0 Å². The Bertz CT molecular complexity index is 3590. The molecular formula is C53H31N3OS. The molecule has 12 aromatic rings. The Balaban J connectivity index is 1.07. The molecule has 0 aliphatic carbocycles. The Morgan fingerprint density at radius 3 is 1.55 bits per heavy atom. The minimum atomic E-state index is 0.769. The van der Waals surface area contributed by atoms with Crippen molar-refractivity contribution in [2.24, 2.45) is 0 Å². The fraction of sp³-hybridized carbons (Fsp3) is 0. The molecule has 0 N–H and O–H groups in total. The third-order valence-electron chi connectivity index (χ3n) is 11.9. The standard InChI is InChI=1S/C53H31N3OS/c1-3-15-38-36(13-1)37-14-2-4-16-39(37)43-30-49-44(29-42(38)43)53-50(57-49)27-33(31-54-53)32-25-34(55-45-19-7-5-17-40(45)41-18-6-8-20-46(41)55)28-35(26-32)56-47-21-9-11-23-51(47)58-52-24-12-10-22-48(52)56/h1-31H.